The minimum Gasteiger partial charge on any atom is -0.359 e. The fraction of sp³-hybridized carbons (Fsp3) is 0.846. The Hall–Kier alpha value is -1.10. The molecule has 1 aliphatic heterocycles. The van der Waals surface area contributed by atoms with E-state index in [1.54, 1.807) is 19.0 Å². The van der Waals surface area contributed by atoms with Crippen molar-refractivity contribution >= 4 is 11.8 Å². The highest BCUT2D eigenvalue weighted by Crippen LogP contribution is 2.31. The Labute approximate surface area is 109 Å². The van der Waals surface area contributed by atoms with E-state index in [2.05, 4.69) is 17.6 Å². The summed E-state index contributed by atoms with van der Waals surface area (Å²) in [7, 11) is 3.41. The summed E-state index contributed by atoms with van der Waals surface area (Å²) >= 11 is 0. The average molecular weight is 255 g/mol. The van der Waals surface area contributed by atoms with Gasteiger partial charge in [0.15, 0.2) is 0 Å². The first-order valence-electron chi connectivity index (χ1n) is 6.64. The lowest BCUT2D eigenvalue weighted by Crippen LogP contribution is -2.46. The fourth-order valence-electron chi connectivity index (χ4n) is 2.61. The van der Waals surface area contributed by atoms with E-state index in [4.69, 9.17) is 0 Å². The fourth-order valence-corrected chi connectivity index (χ4v) is 2.61. The summed E-state index contributed by atoms with van der Waals surface area (Å²) < 4.78 is 0. The predicted octanol–water partition coefficient (Wildman–Crippen LogP) is 0.217. The van der Waals surface area contributed by atoms with Crippen LogP contribution in [0.15, 0.2) is 0 Å². The van der Waals surface area contributed by atoms with E-state index in [9.17, 15) is 9.59 Å². The molecule has 18 heavy (non-hydrogen) atoms. The molecule has 1 aliphatic rings. The topological polar surface area (TPSA) is 61.4 Å². The Morgan fingerprint density at radius 1 is 1.50 bits per heavy atom. The molecule has 1 rings (SSSR count). The molecule has 2 atom stereocenters. The predicted molar refractivity (Wildman–Crippen MR) is 71.1 cm³/mol. The molecule has 0 radical (unpaired) electrons. The van der Waals surface area contributed by atoms with Crippen LogP contribution in [0.3, 0.4) is 0 Å². The van der Waals surface area contributed by atoms with Gasteiger partial charge in [0.05, 0.1) is 11.3 Å². The van der Waals surface area contributed by atoms with E-state index in [1.807, 2.05) is 6.92 Å². The van der Waals surface area contributed by atoms with Crippen LogP contribution in [0.25, 0.3) is 0 Å². The third-order valence-electron chi connectivity index (χ3n) is 3.96. The van der Waals surface area contributed by atoms with Crippen LogP contribution in [0.5, 0.6) is 0 Å². The van der Waals surface area contributed by atoms with Gasteiger partial charge in [-0.1, -0.05) is 13.8 Å². The zero-order valence-electron chi connectivity index (χ0n) is 11.9. The average Bonchev–Trinajstić information content (AvgIpc) is 2.86. The quantitative estimate of drug-likeness (QED) is 0.738. The molecule has 1 fully saturated rings. The summed E-state index contributed by atoms with van der Waals surface area (Å²) in [6, 6.07) is 0. The van der Waals surface area contributed by atoms with E-state index in [-0.39, 0.29) is 23.1 Å². The van der Waals surface area contributed by atoms with Gasteiger partial charge in [-0.15, -0.1) is 0 Å². The van der Waals surface area contributed by atoms with Gasteiger partial charge in [-0.25, -0.2) is 0 Å². The first kappa shape index (κ1) is 15.0. The second kappa shape index (κ2) is 6.18. The number of amides is 2. The lowest BCUT2D eigenvalue weighted by Gasteiger charge is -2.32. The first-order valence-corrected chi connectivity index (χ1v) is 6.64. The van der Waals surface area contributed by atoms with Crippen molar-refractivity contribution in [3.8, 4) is 0 Å². The molecule has 2 unspecified atom stereocenters. The number of nitrogens with zero attached hydrogens (tertiary/aromatic N) is 1. The number of hydrogen-bond donors (Lipinski definition) is 2. The molecule has 104 valence electrons. The Balaban J connectivity index is 2.63. The van der Waals surface area contributed by atoms with Crippen molar-refractivity contribution in [2.75, 3.05) is 33.7 Å². The van der Waals surface area contributed by atoms with Crippen LogP contribution >= 0.6 is 0 Å². The van der Waals surface area contributed by atoms with Crippen LogP contribution < -0.4 is 10.6 Å². The van der Waals surface area contributed by atoms with Gasteiger partial charge < -0.3 is 15.5 Å². The normalized spacial score (nSPS) is 24.7. The summed E-state index contributed by atoms with van der Waals surface area (Å²) in [4.78, 5) is 25.7. The van der Waals surface area contributed by atoms with Crippen LogP contribution in [0.2, 0.25) is 0 Å². The minimum atomic E-state index is -0.267. The third kappa shape index (κ3) is 3.02. The van der Waals surface area contributed by atoms with Crippen molar-refractivity contribution < 1.29 is 9.59 Å². The second-order valence-electron chi connectivity index (χ2n) is 5.26. The van der Waals surface area contributed by atoms with E-state index in [0.29, 0.717) is 6.54 Å². The number of carbonyl (C=O) groups excluding carboxylic acids is 2. The van der Waals surface area contributed by atoms with Gasteiger partial charge in [0.25, 0.3) is 0 Å². The Kier molecular flexibility index (Phi) is 5.14. The molecule has 5 nitrogen and oxygen atoms in total. The maximum Gasteiger partial charge on any atom is 0.229 e. The van der Waals surface area contributed by atoms with Gasteiger partial charge in [0.2, 0.25) is 11.8 Å². The molecule has 1 heterocycles. The smallest absolute Gasteiger partial charge is 0.229 e. The van der Waals surface area contributed by atoms with Crippen molar-refractivity contribution in [1.82, 2.24) is 15.5 Å². The maximum atomic E-state index is 12.5. The largest absolute Gasteiger partial charge is 0.359 e. The molecule has 1 saturated heterocycles. The first-order chi connectivity index (χ1) is 8.46. The Morgan fingerprint density at radius 2 is 2.17 bits per heavy atom. The molecule has 2 N–H and O–H groups in total. The molecule has 0 aromatic heterocycles. The zero-order valence-corrected chi connectivity index (χ0v) is 11.9. The van der Waals surface area contributed by atoms with E-state index in [1.165, 1.54) is 0 Å². The Morgan fingerprint density at radius 3 is 2.61 bits per heavy atom. The molecule has 0 spiro atoms. The Bertz CT molecular complexity index is 311. The van der Waals surface area contributed by atoms with Crippen LogP contribution in [0, 0.1) is 11.3 Å². The van der Waals surface area contributed by atoms with Crippen LogP contribution in [0.4, 0.5) is 0 Å². The second-order valence-corrected chi connectivity index (χ2v) is 5.26. The highest BCUT2D eigenvalue weighted by molar-refractivity contribution is 5.84. The third-order valence-corrected chi connectivity index (χ3v) is 3.96. The summed E-state index contributed by atoms with van der Waals surface area (Å²) in [6.45, 7) is 6.02. The number of hydrogen-bond acceptors (Lipinski definition) is 3. The highest BCUT2D eigenvalue weighted by Gasteiger charge is 2.41. The minimum absolute atomic E-state index is 0.0234. The molecule has 0 bridgehead atoms. The van der Waals surface area contributed by atoms with Crippen molar-refractivity contribution in [1.29, 1.82) is 0 Å². The van der Waals surface area contributed by atoms with Crippen molar-refractivity contribution in [2.24, 2.45) is 11.3 Å². The van der Waals surface area contributed by atoms with E-state index in [0.717, 1.165) is 25.9 Å². The number of nitrogens with one attached hydrogen (secondary N) is 2. The van der Waals surface area contributed by atoms with Crippen LogP contribution in [-0.4, -0.2) is 50.4 Å². The van der Waals surface area contributed by atoms with E-state index >= 15 is 0 Å². The molecule has 0 aromatic rings. The van der Waals surface area contributed by atoms with Gasteiger partial charge in [-0.2, -0.15) is 0 Å². The van der Waals surface area contributed by atoms with Crippen LogP contribution in [0.1, 0.15) is 26.7 Å². The van der Waals surface area contributed by atoms with Gasteiger partial charge in [0, 0.05) is 27.2 Å². The highest BCUT2D eigenvalue weighted by atomic mass is 16.2. The zero-order chi connectivity index (χ0) is 13.8. The lowest BCUT2D eigenvalue weighted by atomic mass is 9.82. The summed E-state index contributed by atoms with van der Waals surface area (Å²) in [5.41, 5.74) is -0.267. The van der Waals surface area contributed by atoms with Gasteiger partial charge in [-0.3, -0.25) is 9.59 Å². The molecular weight excluding hydrogens is 230 g/mol. The SMILES string of the molecule is CCC1(C(=O)N(C)CC(C)C(=O)NC)CCNC1. The summed E-state index contributed by atoms with van der Waals surface area (Å²) in [5.74, 6) is -0.0392. The maximum absolute atomic E-state index is 12.5. The van der Waals surface area contributed by atoms with Crippen molar-refractivity contribution in [3.05, 3.63) is 0 Å². The summed E-state index contributed by atoms with van der Waals surface area (Å²) in [5, 5.41) is 5.87. The molecule has 2 amide bonds. The summed E-state index contributed by atoms with van der Waals surface area (Å²) in [6.07, 6.45) is 1.73. The standard InChI is InChI=1S/C13H25N3O2/c1-5-13(6-7-15-9-13)12(18)16(4)8-10(2)11(17)14-3/h10,15H,5-9H2,1-4H3,(H,14,17). The molecule has 0 aliphatic carbocycles. The van der Waals surface area contributed by atoms with Gasteiger partial charge in [0.1, 0.15) is 0 Å². The monoisotopic (exact) mass is 255 g/mol. The van der Waals surface area contributed by atoms with Gasteiger partial charge >= 0.3 is 0 Å². The molecule has 0 saturated carbocycles. The number of carbonyl (C=O) groups is 2. The molecule has 5 heteroatoms. The molecular formula is C13H25N3O2. The lowest BCUT2D eigenvalue weighted by molar-refractivity contribution is -0.141. The van der Waals surface area contributed by atoms with Crippen molar-refractivity contribution in [3.63, 3.8) is 0 Å². The van der Waals surface area contributed by atoms with Crippen LogP contribution in [-0.2, 0) is 9.59 Å². The van der Waals surface area contributed by atoms with Gasteiger partial charge in [-0.05, 0) is 19.4 Å². The molecule has 0 aromatic carbocycles. The van der Waals surface area contributed by atoms with E-state index < -0.39 is 0 Å². The number of rotatable bonds is 5. The van der Waals surface area contributed by atoms with Crippen molar-refractivity contribution in [2.45, 2.75) is 26.7 Å².